The van der Waals surface area contributed by atoms with E-state index in [-0.39, 0.29) is 11.3 Å². The van der Waals surface area contributed by atoms with Crippen molar-refractivity contribution < 1.29 is 14.3 Å². The third-order valence-corrected chi connectivity index (χ3v) is 8.10. The smallest absolute Gasteiger partial charge is 0.223 e. The maximum absolute atomic E-state index is 13.4. The number of aryl methyl sites for hydroxylation is 2. The Labute approximate surface area is 218 Å². The second kappa shape index (κ2) is 10.8. The maximum Gasteiger partial charge on any atom is 0.223 e. The first-order chi connectivity index (χ1) is 17.4. The molecular formula is C29H36ClN3O3. The molecule has 36 heavy (non-hydrogen) atoms. The van der Waals surface area contributed by atoms with E-state index >= 15 is 0 Å². The minimum absolute atomic E-state index is 0.209. The minimum Gasteiger partial charge on any atom is -0.493 e. The topological polar surface area (TPSA) is 46.9 Å². The summed E-state index contributed by atoms with van der Waals surface area (Å²) in [5.41, 5.74) is 3.33. The van der Waals surface area contributed by atoms with Gasteiger partial charge in [-0.05, 0) is 61.7 Å². The number of fused-ring (bicyclic) bond motifs is 1. The SMILES string of the molecule is Cc1cc(OC[C@]2(CC(=O)N3CCOCC3)CCCN(Cc3cn(C)c4ccccc34)C2)ccc1Cl. The van der Waals surface area contributed by atoms with Crippen molar-refractivity contribution in [3.05, 3.63) is 64.8 Å². The van der Waals surface area contributed by atoms with Crippen molar-refractivity contribution in [2.45, 2.75) is 32.7 Å². The van der Waals surface area contributed by atoms with Crippen LogP contribution in [0.5, 0.6) is 5.75 Å². The molecule has 1 amide bonds. The molecule has 2 saturated heterocycles. The summed E-state index contributed by atoms with van der Waals surface area (Å²) in [5.74, 6) is 1.02. The molecule has 1 aromatic heterocycles. The molecule has 5 rings (SSSR count). The Morgan fingerprint density at radius 1 is 1.14 bits per heavy atom. The lowest BCUT2D eigenvalue weighted by molar-refractivity contribution is -0.139. The summed E-state index contributed by atoms with van der Waals surface area (Å²) >= 11 is 6.23. The molecule has 3 aromatic rings. The van der Waals surface area contributed by atoms with Gasteiger partial charge in [-0.25, -0.2) is 0 Å². The normalized spacial score (nSPS) is 21.1. The number of rotatable bonds is 7. The summed E-state index contributed by atoms with van der Waals surface area (Å²) in [6.45, 7) is 7.80. The number of piperidine rings is 1. The number of morpholine rings is 1. The van der Waals surface area contributed by atoms with Gasteiger partial charge >= 0.3 is 0 Å². The van der Waals surface area contributed by atoms with Gasteiger partial charge in [0.15, 0.2) is 0 Å². The van der Waals surface area contributed by atoms with E-state index in [1.807, 2.05) is 30.0 Å². The molecule has 0 N–H and O–H groups in total. The highest BCUT2D eigenvalue weighted by atomic mass is 35.5. The van der Waals surface area contributed by atoms with Crippen LogP contribution in [0.4, 0.5) is 0 Å². The van der Waals surface area contributed by atoms with Crippen LogP contribution in [0, 0.1) is 12.3 Å². The van der Waals surface area contributed by atoms with Crippen molar-refractivity contribution in [3.63, 3.8) is 0 Å². The fraction of sp³-hybridized carbons (Fsp3) is 0.483. The number of benzene rings is 2. The van der Waals surface area contributed by atoms with Gasteiger partial charge in [-0.3, -0.25) is 9.69 Å². The van der Waals surface area contributed by atoms with Gasteiger partial charge in [-0.15, -0.1) is 0 Å². The van der Waals surface area contributed by atoms with E-state index in [0.717, 1.165) is 48.8 Å². The quantitative estimate of drug-likeness (QED) is 0.447. The molecule has 0 aliphatic carbocycles. The Bertz CT molecular complexity index is 1220. The number of aromatic nitrogens is 1. The standard InChI is InChI=1S/C29H36ClN3O3/c1-22-16-24(8-9-26(22)30)36-21-29(17-28(34)33-12-14-35-15-13-33)10-5-11-32(20-29)19-23-18-31(2)27-7-4-3-6-25(23)27/h3-4,6-9,16,18H,5,10-15,17,19-21H2,1-2H3/t29-/m0/s1. The van der Waals surface area contributed by atoms with Gasteiger partial charge in [-0.1, -0.05) is 29.8 Å². The number of amides is 1. The van der Waals surface area contributed by atoms with E-state index in [4.69, 9.17) is 21.1 Å². The monoisotopic (exact) mass is 509 g/mol. The van der Waals surface area contributed by atoms with Gasteiger partial charge in [0, 0.05) is 67.2 Å². The number of ether oxygens (including phenoxy) is 2. The number of hydrogen-bond donors (Lipinski definition) is 0. The molecule has 0 spiro atoms. The molecule has 3 heterocycles. The van der Waals surface area contributed by atoms with Crippen LogP contribution in [0.25, 0.3) is 10.9 Å². The lowest BCUT2D eigenvalue weighted by Crippen LogP contribution is -2.50. The first-order valence-electron chi connectivity index (χ1n) is 12.9. The molecule has 1 atom stereocenters. The van der Waals surface area contributed by atoms with Gasteiger partial charge in [0.25, 0.3) is 0 Å². The fourth-order valence-corrected chi connectivity index (χ4v) is 5.86. The summed E-state index contributed by atoms with van der Waals surface area (Å²) in [4.78, 5) is 17.9. The third kappa shape index (κ3) is 5.56. The van der Waals surface area contributed by atoms with E-state index in [1.165, 1.54) is 16.5 Å². The van der Waals surface area contributed by atoms with Crippen molar-refractivity contribution in [1.29, 1.82) is 0 Å². The van der Waals surface area contributed by atoms with Gasteiger partial charge < -0.3 is 18.9 Å². The lowest BCUT2D eigenvalue weighted by Gasteiger charge is -2.43. The number of likely N-dealkylation sites (tertiary alicyclic amines) is 1. The van der Waals surface area contributed by atoms with Crippen molar-refractivity contribution in [1.82, 2.24) is 14.4 Å². The van der Waals surface area contributed by atoms with Crippen molar-refractivity contribution >= 4 is 28.4 Å². The van der Waals surface area contributed by atoms with E-state index in [2.05, 4.69) is 47.0 Å². The fourth-order valence-electron chi connectivity index (χ4n) is 5.74. The second-order valence-corrected chi connectivity index (χ2v) is 10.9. The molecule has 2 aliphatic rings. The van der Waals surface area contributed by atoms with Gasteiger partial charge in [-0.2, -0.15) is 0 Å². The van der Waals surface area contributed by atoms with Crippen molar-refractivity contribution in [2.24, 2.45) is 12.5 Å². The summed E-state index contributed by atoms with van der Waals surface area (Å²) in [6.07, 6.45) is 4.75. The highest BCUT2D eigenvalue weighted by Gasteiger charge is 2.40. The Morgan fingerprint density at radius 2 is 1.94 bits per heavy atom. The van der Waals surface area contributed by atoms with Crippen LogP contribution in [0.3, 0.4) is 0 Å². The zero-order valence-corrected chi connectivity index (χ0v) is 22.1. The zero-order chi connectivity index (χ0) is 25.1. The third-order valence-electron chi connectivity index (χ3n) is 7.68. The second-order valence-electron chi connectivity index (χ2n) is 10.5. The lowest BCUT2D eigenvalue weighted by atomic mass is 9.77. The Kier molecular flexibility index (Phi) is 7.56. The average molecular weight is 510 g/mol. The Morgan fingerprint density at radius 3 is 2.75 bits per heavy atom. The van der Waals surface area contributed by atoms with Gasteiger partial charge in [0.1, 0.15) is 5.75 Å². The van der Waals surface area contributed by atoms with E-state index in [0.29, 0.717) is 39.3 Å². The first-order valence-corrected chi connectivity index (χ1v) is 13.3. The highest BCUT2D eigenvalue weighted by Crippen LogP contribution is 2.37. The predicted molar refractivity (Wildman–Crippen MR) is 144 cm³/mol. The molecule has 7 heteroatoms. The van der Waals surface area contributed by atoms with Crippen molar-refractivity contribution in [2.75, 3.05) is 46.0 Å². The molecule has 6 nitrogen and oxygen atoms in total. The summed E-state index contributed by atoms with van der Waals surface area (Å²) in [5, 5.41) is 2.03. The number of hydrogen-bond acceptors (Lipinski definition) is 4. The highest BCUT2D eigenvalue weighted by molar-refractivity contribution is 6.31. The first kappa shape index (κ1) is 25.1. The molecule has 2 aliphatic heterocycles. The van der Waals surface area contributed by atoms with Crippen LogP contribution in [0.2, 0.25) is 5.02 Å². The summed E-state index contributed by atoms with van der Waals surface area (Å²) in [6, 6.07) is 14.4. The molecule has 2 fully saturated rings. The van der Waals surface area contributed by atoms with E-state index in [9.17, 15) is 4.79 Å². The van der Waals surface area contributed by atoms with Crippen molar-refractivity contribution in [3.8, 4) is 5.75 Å². The Balaban J connectivity index is 1.36. The van der Waals surface area contributed by atoms with E-state index < -0.39 is 0 Å². The number of halogens is 1. The zero-order valence-electron chi connectivity index (χ0n) is 21.3. The number of nitrogens with zero attached hydrogens (tertiary/aromatic N) is 3. The molecule has 0 saturated carbocycles. The number of carbonyl (C=O) groups is 1. The number of carbonyl (C=O) groups excluding carboxylic acids is 1. The minimum atomic E-state index is -0.244. The van der Waals surface area contributed by atoms with Crippen LogP contribution in [0.15, 0.2) is 48.7 Å². The van der Waals surface area contributed by atoms with E-state index in [1.54, 1.807) is 0 Å². The average Bonchev–Trinajstić information content (AvgIpc) is 3.20. The molecule has 0 radical (unpaired) electrons. The molecule has 2 aromatic carbocycles. The molecule has 0 unspecified atom stereocenters. The van der Waals surface area contributed by atoms with Crippen LogP contribution in [-0.4, -0.2) is 66.3 Å². The molecular weight excluding hydrogens is 474 g/mol. The Hall–Kier alpha value is -2.54. The maximum atomic E-state index is 13.4. The largest absolute Gasteiger partial charge is 0.493 e. The van der Waals surface area contributed by atoms with Gasteiger partial charge in [0.2, 0.25) is 5.91 Å². The molecule has 0 bridgehead atoms. The predicted octanol–water partition coefficient (Wildman–Crippen LogP) is 5.05. The molecule has 192 valence electrons. The number of para-hydroxylation sites is 1. The van der Waals surface area contributed by atoms with Gasteiger partial charge in [0.05, 0.1) is 19.8 Å². The van der Waals surface area contributed by atoms with Crippen LogP contribution < -0.4 is 4.74 Å². The summed E-state index contributed by atoms with van der Waals surface area (Å²) < 4.78 is 14.0. The van der Waals surface area contributed by atoms with Crippen LogP contribution in [-0.2, 0) is 23.1 Å². The van der Waals surface area contributed by atoms with Crippen LogP contribution in [0.1, 0.15) is 30.4 Å². The van der Waals surface area contributed by atoms with Crippen LogP contribution >= 0.6 is 11.6 Å². The summed E-state index contributed by atoms with van der Waals surface area (Å²) in [7, 11) is 2.11.